The van der Waals surface area contributed by atoms with E-state index in [1.54, 1.807) is 0 Å². The van der Waals surface area contributed by atoms with Gasteiger partial charge in [-0.1, -0.05) is 26.8 Å². The van der Waals surface area contributed by atoms with E-state index in [-0.39, 0.29) is 10.8 Å². The van der Waals surface area contributed by atoms with Crippen LogP contribution < -0.4 is 0 Å². The maximum absolute atomic E-state index is 8.75. The summed E-state index contributed by atoms with van der Waals surface area (Å²) in [6, 6.07) is 2.23. The Morgan fingerprint density at radius 3 is 2.27 bits per heavy atom. The lowest BCUT2D eigenvalue weighted by Crippen LogP contribution is -1.98. The van der Waals surface area contributed by atoms with Crippen molar-refractivity contribution >= 4 is 0 Å². The fraction of sp³-hybridized carbons (Fsp3) is 0.500. The van der Waals surface area contributed by atoms with Gasteiger partial charge in [0.05, 0.1) is 11.6 Å². The molecule has 1 atom stereocenters. The first-order chi connectivity index (χ1) is 5.04. The second-order valence-corrected chi connectivity index (χ2v) is 4.06. The van der Waals surface area contributed by atoms with Gasteiger partial charge in [0.2, 0.25) is 0 Å². The maximum atomic E-state index is 8.75. The van der Waals surface area contributed by atoms with Crippen LogP contribution in [0.3, 0.4) is 0 Å². The molecule has 2 aliphatic carbocycles. The van der Waals surface area contributed by atoms with E-state index in [0.29, 0.717) is 0 Å². The Morgan fingerprint density at radius 2 is 2.00 bits per heavy atom. The predicted octanol–water partition coefficient (Wildman–Crippen LogP) is 2.42. The van der Waals surface area contributed by atoms with E-state index in [0.717, 1.165) is 5.57 Å². The van der Waals surface area contributed by atoms with Crippen molar-refractivity contribution < 1.29 is 0 Å². The Balaban J connectivity index is 2.57. The summed E-state index contributed by atoms with van der Waals surface area (Å²) in [6.45, 7) is 6.59. The third kappa shape index (κ3) is 0.485. The van der Waals surface area contributed by atoms with E-state index in [9.17, 15) is 0 Å². The minimum Gasteiger partial charge on any atom is -0.192 e. The van der Waals surface area contributed by atoms with E-state index in [1.165, 1.54) is 5.57 Å². The number of rotatable bonds is 0. The van der Waals surface area contributed by atoms with E-state index in [4.69, 9.17) is 5.26 Å². The quantitative estimate of drug-likeness (QED) is 0.513. The molecule has 0 aromatic carbocycles. The van der Waals surface area contributed by atoms with Crippen molar-refractivity contribution in [1.29, 1.82) is 5.26 Å². The van der Waals surface area contributed by atoms with Gasteiger partial charge in [0, 0.05) is 10.8 Å². The molecule has 0 heterocycles. The zero-order chi connectivity index (χ0) is 8.28. The number of nitrogens with zero attached hydrogens (tertiary/aromatic N) is 1. The smallest absolute Gasteiger partial charge is 0.0991 e. The molecule has 1 unspecified atom stereocenters. The molecule has 0 spiro atoms. The molecule has 0 saturated heterocycles. The molecule has 1 heteroatoms. The molecule has 0 aromatic heterocycles. The Hall–Kier alpha value is -1.03. The highest BCUT2D eigenvalue weighted by molar-refractivity contribution is 5.63. The van der Waals surface area contributed by atoms with Crippen LogP contribution in [0.2, 0.25) is 0 Å². The molecule has 1 nitrogen and oxygen atoms in total. The zero-order valence-corrected chi connectivity index (χ0v) is 7.10. The van der Waals surface area contributed by atoms with E-state index in [1.807, 2.05) is 6.08 Å². The summed E-state index contributed by atoms with van der Waals surface area (Å²) < 4.78 is 0. The Kier molecular flexibility index (Phi) is 0.866. The van der Waals surface area contributed by atoms with Crippen LogP contribution in [0.1, 0.15) is 20.8 Å². The van der Waals surface area contributed by atoms with Crippen molar-refractivity contribution in [3.8, 4) is 6.07 Å². The van der Waals surface area contributed by atoms with Gasteiger partial charge in [-0.15, -0.1) is 0 Å². The van der Waals surface area contributed by atoms with Gasteiger partial charge < -0.3 is 0 Å². The predicted molar refractivity (Wildman–Crippen MR) is 43.7 cm³/mol. The van der Waals surface area contributed by atoms with Gasteiger partial charge in [0.15, 0.2) is 0 Å². The molecule has 1 fully saturated rings. The van der Waals surface area contributed by atoms with Crippen molar-refractivity contribution in [2.75, 3.05) is 0 Å². The second kappa shape index (κ2) is 1.43. The van der Waals surface area contributed by atoms with Crippen LogP contribution in [-0.2, 0) is 0 Å². The Morgan fingerprint density at radius 1 is 1.36 bits per heavy atom. The topological polar surface area (TPSA) is 23.8 Å². The van der Waals surface area contributed by atoms with Crippen LogP contribution in [0.5, 0.6) is 0 Å². The third-order valence-corrected chi connectivity index (χ3v) is 3.35. The standard InChI is InChI=1S/C10H11N/c1-9(2)8-7(6-11)4-5-10(8,9)3/h4-5H,1-3H3. The molecule has 1 saturated carbocycles. The van der Waals surface area contributed by atoms with Gasteiger partial charge in [-0.2, -0.15) is 5.26 Å². The van der Waals surface area contributed by atoms with Gasteiger partial charge in [-0.3, -0.25) is 0 Å². The van der Waals surface area contributed by atoms with Crippen LogP contribution in [-0.4, -0.2) is 0 Å². The summed E-state index contributed by atoms with van der Waals surface area (Å²) in [7, 11) is 0. The monoisotopic (exact) mass is 145 g/mol. The molecule has 2 rings (SSSR count). The minimum atomic E-state index is 0.206. The fourth-order valence-corrected chi connectivity index (χ4v) is 2.21. The largest absolute Gasteiger partial charge is 0.192 e. The molecule has 56 valence electrons. The number of allylic oxidation sites excluding steroid dienone is 4. The molecule has 0 aromatic rings. The highest BCUT2D eigenvalue weighted by atomic mass is 14.7. The van der Waals surface area contributed by atoms with Crippen molar-refractivity contribution in [2.45, 2.75) is 20.8 Å². The molecular formula is C10H11N. The number of hydrogen-bond acceptors (Lipinski definition) is 1. The first kappa shape index (κ1) is 6.67. The van der Waals surface area contributed by atoms with Crippen LogP contribution in [0.25, 0.3) is 0 Å². The van der Waals surface area contributed by atoms with E-state index in [2.05, 4.69) is 32.9 Å². The van der Waals surface area contributed by atoms with E-state index >= 15 is 0 Å². The Labute approximate surface area is 67.0 Å². The molecule has 0 N–H and O–H groups in total. The van der Waals surface area contributed by atoms with Crippen LogP contribution in [0.15, 0.2) is 23.3 Å². The van der Waals surface area contributed by atoms with Gasteiger partial charge >= 0.3 is 0 Å². The maximum Gasteiger partial charge on any atom is 0.0991 e. The molecule has 0 aliphatic heterocycles. The summed E-state index contributed by atoms with van der Waals surface area (Å²) in [5.74, 6) is 0. The summed E-state index contributed by atoms with van der Waals surface area (Å²) in [4.78, 5) is 0. The van der Waals surface area contributed by atoms with Gasteiger partial charge in [0.25, 0.3) is 0 Å². The van der Waals surface area contributed by atoms with Crippen molar-refractivity contribution in [3.63, 3.8) is 0 Å². The molecule has 2 aliphatic rings. The summed E-state index contributed by atoms with van der Waals surface area (Å²) in [5, 5.41) is 8.75. The first-order valence-corrected chi connectivity index (χ1v) is 3.88. The van der Waals surface area contributed by atoms with Crippen LogP contribution in [0.4, 0.5) is 0 Å². The average molecular weight is 145 g/mol. The number of hydrogen-bond donors (Lipinski definition) is 0. The molecule has 0 bridgehead atoms. The lowest BCUT2D eigenvalue weighted by Gasteiger charge is -2.05. The lowest BCUT2D eigenvalue weighted by atomic mass is 9.97. The van der Waals surface area contributed by atoms with Crippen LogP contribution >= 0.6 is 0 Å². The minimum absolute atomic E-state index is 0.206. The second-order valence-electron chi connectivity index (χ2n) is 4.06. The van der Waals surface area contributed by atoms with Gasteiger partial charge in [-0.25, -0.2) is 0 Å². The van der Waals surface area contributed by atoms with Crippen molar-refractivity contribution in [3.05, 3.63) is 23.3 Å². The lowest BCUT2D eigenvalue weighted by molar-refractivity contribution is 0.502. The molecule has 0 amide bonds. The Bertz CT molecular complexity index is 325. The molecule has 0 radical (unpaired) electrons. The average Bonchev–Trinajstić information content (AvgIpc) is 2.26. The fourth-order valence-electron chi connectivity index (χ4n) is 2.21. The van der Waals surface area contributed by atoms with E-state index < -0.39 is 0 Å². The summed E-state index contributed by atoms with van der Waals surface area (Å²) >= 11 is 0. The normalized spacial score (nSPS) is 36.9. The molecular weight excluding hydrogens is 134 g/mol. The number of fused-ring (bicyclic) bond motifs is 1. The number of nitriles is 1. The van der Waals surface area contributed by atoms with Crippen molar-refractivity contribution in [1.82, 2.24) is 0 Å². The zero-order valence-electron chi connectivity index (χ0n) is 7.10. The summed E-state index contributed by atoms with van der Waals surface area (Å²) in [6.07, 6.45) is 4.10. The van der Waals surface area contributed by atoms with Crippen molar-refractivity contribution in [2.24, 2.45) is 10.8 Å². The van der Waals surface area contributed by atoms with Gasteiger partial charge in [0.1, 0.15) is 0 Å². The third-order valence-electron chi connectivity index (χ3n) is 3.35. The highest BCUT2D eigenvalue weighted by Gasteiger charge is 2.64. The summed E-state index contributed by atoms with van der Waals surface area (Å²) in [5.41, 5.74) is 2.66. The van der Waals surface area contributed by atoms with Crippen LogP contribution in [0, 0.1) is 22.2 Å². The molecule has 11 heavy (non-hydrogen) atoms. The first-order valence-electron chi connectivity index (χ1n) is 3.88. The van der Waals surface area contributed by atoms with Gasteiger partial charge in [-0.05, 0) is 11.6 Å². The SMILES string of the molecule is CC1(C)C2=C(C#N)C=CC21C. The highest BCUT2D eigenvalue weighted by Crippen LogP contribution is 2.72.